The number of carbonyl (C=O) groups is 1. The number of amides is 1. The van der Waals surface area contributed by atoms with Gasteiger partial charge in [0.15, 0.2) is 5.82 Å². The first kappa shape index (κ1) is 16.2. The van der Waals surface area contributed by atoms with Crippen LogP contribution in [-0.4, -0.2) is 55.7 Å². The molecule has 1 aromatic heterocycles. The molecule has 2 aliphatic rings. The third-order valence-electron chi connectivity index (χ3n) is 5.10. The van der Waals surface area contributed by atoms with Crippen LogP contribution >= 0.6 is 0 Å². The fraction of sp³-hybridized carbons (Fsp3) is 0.647. The molecule has 3 heterocycles. The minimum absolute atomic E-state index is 0.0736. The lowest BCUT2D eigenvalue weighted by Crippen LogP contribution is -2.42. The number of hydrogen-bond donors (Lipinski definition) is 0. The Balaban J connectivity index is 1.58. The van der Waals surface area contributed by atoms with Crippen molar-refractivity contribution in [3.8, 4) is 0 Å². The van der Waals surface area contributed by atoms with Gasteiger partial charge in [0, 0.05) is 57.9 Å². The zero-order valence-electron chi connectivity index (χ0n) is 13.6. The summed E-state index contributed by atoms with van der Waals surface area (Å²) in [5.41, 5.74) is 0.695. The lowest BCUT2D eigenvalue weighted by atomic mass is 9.77. The SMILES string of the molecule is COCCCN1CC2(CCN(c3ccncc3F)CC2)CC1=O. The molecule has 0 bridgehead atoms. The van der Waals surface area contributed by atoms with Crippen molar-refractivity contribution < 1.29 is 13.9 Å². The van der Waals surface area contributed by atoms with Crippen molar-refractivity contribution in [2.24, 2.45) is 5.41 Å². The largest absolute Gasteiger partial charge is 0.385 e. The Morgan fingerprint density at radius 3 is 2.87 bits per heavy atom. The molecule has 0 unspecified atom stereocenters. The van der Waals surface area contributed by atoms with E-state index >= 15 is 0 Å². The molecule has 23 heavy (non-hydrogen) atoms. The third kappa shape index (κ3) is 3.47. The van der Waals surface area contributed by atoms with Gasteiger partial charge in [0.1, 0.15) is 0 Å². The molecule has 3 rings (SSSR count). The first-order valence-corrected chi connectivity index (χ1v) is 8.25. The second-order valence-electron chi connectivity index (χ2n) is 6.65. The second-order valence-corrected chi connectivity index (χ2v) is 6.65. The van der Waals surface area contributed by atoms with Gasteiger partial charge in [-0.2, -0.15) is 0 Å². The maximum absolute atomic E-state index is 13.9. The van der Waals surface area contributed by atoms with E-state index in [2.05, 4.69) is 9.88 Å². The van der Waals surface area contributed by atoms with Crippen LogP contribution in [0.25, 0.3) is 0 Å². The lowest BCUT2D eigenvalue weighted by molar-refractivity contribution is -0.128. The topological polar surface area (TPSA) is 45.7 Å². The van der Waals surface area contributed by atoms with Crippen LogP contribution in [0.4, 0.5) is 10.1 Å². The van der Waals surface area contributed by atoms with E-state index in [1.54, 1.807) is 19.4 Å². The Morgan fingerprint density at radius 2 is 2.17 bits per heavy atom. The summed E-state index contributed by atoms with van der Waals surface area (Å²) in [6.07, 6.45) is 6.26. The molecule has 0 aliphatic carbocycles. The number of halogens is 1. The summed E-state index contributed by atoms with van der Waals surface area (Å²) in [4.78, 5) is 20.1. The molecular weight excluding hydrogens is 297 g/mol. The zero-order valence-corrected chi connectivity index (χ0v) is 13.6. The smallest absolute Gasteiger partial charge is 0.223 e. The molecule has 0 saturated carbocycles. The van der Waals surface area contributed by atoms with Crippen LogP contribution in [0.15, 0.2) is 18.5 Å². The van der Waals surface area contributed by atoms with Crippen LogP contribution in [0.1, 0.15) is 25.7 Å². The van der Waals surface area contributed by atoms with E-state index in [1.165, 1.54) is 6.20 Å². The molecule has 0 N–H and O–H groups in total. The van der Waals surface area contributed by atoms with Gasteiger partial charge in [0.25, 0.3) is 0 Å². The molecule has 2 fully saturated rings. The van der Waals surface area contributed by atoms with Gasteiger partial charge < -0.3 is 14.5 Å². The maximum Gasteiger partial charge on any atom is 0.223 e. The second kappa shape index (κ2) is 6.83. The summed E-state index contributed by atoms with van der Waals surface area (Å²) < 4.78 is 18.9. The van der Waals surface area contributed by atoms with Gasteiger partial charge >= 0.3 is 0 Å². The monoisotopic (exact) mass is 321 g/mol. The Hall–Kier alpha value is -1.69. The molecule has 1 spiro atoms. The van der Waals surface area contributed by atoms with E-state index < -0.39 is 0 Å². The van der Waals surface area contributed by atoms with E-state index in [1.807, 2.05) is 4.90 Å². The van der Waals surface area contributed by atoms with Crippen molar-refractivity contribution in [1.29, 1.82) is 0 Å². The minimum atomic E-state index is -0.271. The Labute approximate surface area is 136 Å². The zero-order chi connectivity index (χ0) is 16.3. The number of ether oxygens (including phenoxy) is 1. The van der Waals surface area contributed by atoms with Gasteiger partial charge in [0.2, 0.25) is 5.91 Å². The quantitative estimate of drug-likeness (QED) is 0.779. The number of nitrogens with zero attached hydrogens (tertiary/aromatic N) is 3. The van der Waals surface area contributed by atoms with Crippen molar-refractivity contribution in [3.05, 3.63) is 24.3 Å². The summed E-state index contributed by atoms with van der Waals surface area (Å²) in [5.74, 6) is -0.0169. The predicted octanol–water partition coefficient (Wildman–Crippen LogP) is 2.08. The van der Waals surface area contributed by atoms with Gasteiger partial charge in [-0.15, -0.1) is 0 Å². The highest BCUT2D eigenvalue weighted by molar-refractivity contribution is 5.79. The molecule has 2 aliphatic heterocycles. The average Bonchev–Trinajstić information content (AvgIpc) is 2.85. The molecule has 0 atom stereocenters. The first-order valence-electron chi connectivity index (χ1n) is 8.25. The van der Waals surface area contributed by atoms with Crippen molar-refractivity contribution >= 4 is 11.6 Å². The van der Waals surface area contributed by atoms with Gasteiger partial charge in [-0.05, 0) is 25.3 Å². The van der Waals surface area contributed by atoms with Crippen LogP contribution in [0.3, 0.4) is 0 Å². The molecule has 2 saturated heterocycles. The molecular formula is C17H24FN3O2. The van der Waals surface area contributed by atoms with E-state index in [9.17, 15) is 9.18 Å². The number of rotatable bonds is 5. The standard InChI is InChI=1S/C17H24FN3O2/c1-23-10-2-7-21-13-17(11-16(21)22)4-8-20(9-5-17)15-3-6-19-12-14(15)18/h3,6,12H,2,4-5,7-11,13H2,1H3. The Kier molecular flexibility index (Phi) is 4.80. The highest BCUT2D eigenvalue weighted by Crippen LogP contribution is 2.42. The number of likely N-dealkylation sites (tertiary alicyclic amines) is 1. The molecule has 6 heteroatoms. The molecule has 1 aromatic rings. The summed E-state index contributed by atoms with van der Waals surface area (Å²) >= 11 is 0. The van der Waals surface area contributed by atoms with E-state index in [4.69, 9.17) is 4.74 Å². The van der Waals surface area contributed by atoms with Gasteiger partial charge in [-0.1, -0.05) is 0 Å². The normalized spacial score (nSPS) is 20.5. The van der Waals surface area contributed by atoms with Gasteiger partial charge in [-0.25, -0.2) is 4.39 Å². The van der Waals surface area contributed by atoms with Crippen LogP contribution in [0, 0.1) is 11.2 Å². The number of piperidine rings is 1. The van der Waals surface area contributed by atoms with Gasteiger partial charge in [-0.3, -0.25) is 9.78 Å². The summed E-state index contributed by atoms with van der Waals surface area (Å²) in [6.45, 7) is 3.88. The fourth-order valence-corrected chi connectivity index (χ4v) is 3.77. The third-order valence-corrected chi connectivity index (χ3v) is 5.10. The van der Waals surface area contributed by atoms with Crippen LogP contribution in [0.5, 0.6) is 0 Å². The van der Waals surface area contributed by atoms with Crippen molar-refractivity contribution in [2.45, 2.75) is 25.7 Å². The van der Waals surface area contributed by atoms with Crippen molar-refractivity contribution in [1.82, 2.24) is 9.88 Å². The number of hydrogen-bond acceptors (Lipinski definition) is 4. The highest BCUT2D eigenvalue weighted by atomic mass is 19.1. The molecule has 0 radical (unpaired) electrons. The Morgan fingerprint density at radius 1 is 1.39 bits per heavy atom. The summed E-state index contributed by atoms with van der Waals surface area (Å²) in [6, 6.07) is 1.73. The van der Waals surface area contributed by atoms with Gasteiger partial charge in [0.05, 0.1) is 11.9 Å². The molecule has 1 amide bonds. The van der Waals surface area contributed by atoms with E-state index in [-0.39, 0.29) is 17.1 Å². The predicted molar refractivity (Wildman–Crippen MR) is 85.8 cm³/mol. The van der Waals surface area contributed by atoms with Crippen molar-refractivity contribution in [3.63, 3.8) is 0 Å². The van der Waals surface area contributed by atoms with Crippen LogP contribution in [-0.2, 0) is 9.53 Å². The lowest BCUT2D eigenvalue weighted by Gasteiger charge is -2.40. The Bertz CT molecular complexity index is 559. The first-order chi connectivity index (χ1) is 11.1. The molecule has 0 aromatic carbocycles. The summed E-state index contributed by atoms with van der Waals surface area (Å²) in [5, 5.41) is 0. The molecule has 126 valence electrons. The number of methoxy groups -OCH3 is 1. The van der Waals surface area contributed by atoms with E-state index in [0.29, 0.717) is 18.7 Å². The number of carbonyl (C=O) groups excluding carboxylic acids is 1. The maximum atomic E-state index is 13.9. The van der Waals surface area contributed by atoms with Crippen LogP contribution < -0.4 is 4.90 Å². The van der Waals surface area contributed by atoms with Crippen LogP contribution in [0.2, 0.25) is 0 Å². The highest BCUT2D eigenvalue weighted by Gasteiger charge is 2.44. The van der Waals surface area contributed by atoms with E-state index in [0.717, 1.165) is 45.4 Å². The number of pyridine rings is 1. The number of anilines is 1. The summed E-state index contributed by atoms with van der Waals surface area (Å²) in [7, 11) is 1.68. The van der Waals surface area contributed by atoms with Crippen molar-refractivity contribution in [2.75, 3.05) is 44.8 Å². The molecule has 5 nitrogen and oxygen atoms in total. The number of aromatic nitrogens is 1. The minimum Gasteiger partial charge on any atom is -0.385 e. The average molecular weight is 321 g/mol. The fourth-order valence-electron chi connectivity index (χ4n) is 3.77.